The number of hydrogen-bond donors (Lipinski definition) is 1. The molecule has 3 heterocycles. The molecule has 0 saturated carbocycles. The summed E-state index contributed by atoms with van der Waals surface area (Å²) in [4.78, 5) is 15.4. The van der Waals surface area contributed by atoms with Crippen LogP contribution in [0.25, 0.3) is 5.65 Å². The number of carboxylic acids is 1. The maximum atomic E-state index is 11.3. The average Bonchev–Trinajstić information content (AvgIpc) is 3.23. The first-order chi connectivity index (χ1) is 13.4. The van der Waals surface area contributed by atoms with E-state index in [9.17, 15) is 9.90 Å². The summed E-state index contributed by atoms with van der Waals surface area (Å²) in [7, 11) is 0. The fraction of sp³-hybridized carbons (Fsp3) is 0.350. The first-order valence-electron chi connectivity index (χ1n) is 9.01. The third kappa shape index (κ3) is 3.83. The lowest BCUT2D eigenvalue weighted by atomic mass is 10.1. The Kier molecular flexibility index (Phi) is 4.74. The topological polar surface area (TPSA) is 95.2 Å². The number of para-hydroxylation sites is 1. The van der Waals surface area contributed by atoms with Crippen molar-refractivity contribution in [1.82, 2.24) is 14.6 Å². The van der Waals surface area contributed by atoms with Crippen molar-refractivity contribution in [2.24, 2.45) is 0 Å². The standard InChI is InChI=1S/C20H21N3O5/c1-20(2)27-12-15(28-20)11-26-17-6-4-3-5-13(17)9-14-7-8-18-21-10-16(19(24)25)23(18)22-14/h3-8,10,15H,9,11-12H2,1-2H3,(H,24,25). The predicted molar refractivity (Wildman–Crippen MR) is 99.6 cm³/mol. The average molecular weight is 383 g/mol. The van der Waals surface area contributed by atoms with Crippen LogP contribution >= 0.6 is 0 Å². The Bertz CT molecular complexity index is 1010. The van der Waals surface area contributed by atoms with Crippen LogP contribution in [-0.4, -0.2) is 50.8 Å². The van der Waals surface area contributed by atoms with E-state index in [-0.39, 0.29) is 11.8 Å². The Morgan fingerprint density at radius 1 is 1.32 bits per heavy atom. The maximum absolute atomic E-state index is 11.3. The fourth-order valence-corrected chi connectivity index (χ4v) is 3.17. The number of carboxylic acid groups (broad SMARTS) is 1. The van der Waals surface area contributed by atoms with Gasteiger partial charge in [0.25, 0.3) is 0 Å². The summed E-state index contributed by atoms with van der Waals surface area (Å²) >= 11 is 0. The van der Waals surface area contributed by atoms with Gasteiger partial charge in [-0.3, -0.25) is 0 Å². The molecule has 1 N–H and O–H groups in total. The summed E-state index contributed by atoms with van der Waals surface area (Å²) in [5, 5.41) is 13.7. The lowest BCUT2D eigenvalue weighted by Gasteiger charge is -2.18. The van der Waals surface area contributed by atoms with Gasteiger partial charge in [-0.05, 0) is 32.0 Å². The third-order valence-corrected chi connectivity index (χ3v) is 4.47. The number of ether oxygens (including phenoxy) is 3. The molecule has 1 aliphatic rings. The Balaban J connectivity index is 1.51. The van der Waals surface area contributed by atoms with E-state index in [1.807, 2.05) is 44.2 Å². The number of carbonyl (C=O) groups is 1. The monoisotopic (exact) mass is 383 g/mol. The molecule has 1 aromatic carbocycles. The van der Waals surface area contributed by atoms with E-state index in [1.165, 1.54) is 10.7 Å². The van der Waals surface area contributed by atoms with Crippen molar-refractivity contribution in [1.29, 1.82) is 0 Å². The van der Waals surface area contributed by atoms with Gasteiger partial charge >= 0.3 is 5.97 Å². The first-order valence-corrected chi connectivity index (χ1v) is 9.01. The molecule has 1 atom stereocenters. The molecule has 28 heavy (non-hydrogen) atoms. The molecule has 0 bridgehead atoms. The minimum Gasteiger partial charge on any atom is -0.490 e. The Hall–Kier alpha value is -2.97. The van der Waals surface area contributed by atoms with Crippen LogP contribution in [0.4, 0.5) is 0 Å². The molecule has 0 spiro atoms. The normalized spacial score (nSPS) is 18.4. The van der Waals surface area contributed by atoms with Gasteiger partial charge in [0.05, 0.1) is 18.5 Å². The van der Waals surface area contributed by atoms with Gasteiger partial charge in [-0.1, -0.05) is 18.2 Å². The van der Waals surface area contributed by atoms with Crippen LogP contribution in [-0.2, 0) is 15.9 Å². The summed E-state index contributed by atoms with van der Waals surface area (Å²) in [6, 6.07) is 11.3. The molecule has 0 radical (unpaired) electrons. The van der Waals surface area contributed by atoms with Gasteiger partial charge in [0.2, 0.25) is 0 Å². The Labute approximate surface area is 161 Å². The lowest BCUT2D eigenvalue weighted by molar-refractivity contribution is -0.141. The molecule has 1 fully saturated rings. The molecular formula is C20H21N3O5. The summed E-state index contributed by atoms with van der Waals surface area (Å²) in [5.74, 6) is -0.913. The highest BCUT2D eigenvalue weighted by atomic mass is 16.7. The van der Waals surface area contributed by atoms with E-state index in [0.29, 0.717) is 31.0 Å². The van der Waals surface area contributed by atoms with E-state index >= 15 is 0 Å². The number of imidazole rings is 1. The largest absolute Gasteiger partial charge is 0.490 e. The number of rotatable bonds is 6. The van der Waals surface area contributed by atoms with Gasteiger partial charge in [0.1, 0.15) is 18.5 Å². The molecule has 4 rings (SSSR count). The van der Waals surface area contributed by atoms with Gasteiger partial charge in [-0.25, -0.2) is 14.3 Å². The highest BCUT2D eigenvalue weighted by molar-refractivity contribution is 5.86. The second kappa shape index (κ2) is 7.21. The zero-order valence-electron chi connectivity index (χ0n) is 15.7. The van der Waals surface area contributed by atoms with E-state index in [4.69, 9.17) is 14.2 Å². The smallest absolute Gasteiger partial charge is 0.356 e. The number of fused-ring (bicyclic) bond motifs is 1. The Morgan fingerprint density at radius 3 is 2.89 bits per heavy atom. The number of benzene rings is 1. The van der Waals surface area contributed by atoms with Crippen LogP contribution in [0, 0.1) is 0 Å². The molecule has 3 aromatic rings. The minimum atomic E-state index is -1.07. The van der Waals surface area contributed by atoms with Gasteiger partial charge in [0.15, 0.2) is 17.1 Å². The predicted octanol–water partition coefficient (Wildman–Crippen LogP) is 2.55. The highest BCUT2D eigenvalue weighted by Gasteiger charge is 2.33. The summed E-state index contributed by atoms with van der Waals surface area (Å²) in [5.41, 5.74) is 2.18. The molecular weight excluding hydrogens is 362 g/mol. The van der Waals surface area contributed by atoms with Crippen LogP contribution in [0.5, 0.6) is 5.75 Å². The minimum absolute atomic E-state index is 0.0300. The van der Waals surface area contributed by atoms with Crippen LogP contribution in [0.3, 0.4) is 0 Å². The number of nitrogens with zero attached hydrogens (tertiary/aromatic N) is 3. The number of aromatic carboxylic acids is 1. The van der Waals surface area contributed by atoms with E-state index < -0.39 is 11.8 Å². The molecule has 0 aliphatic carbocycles. The van der Waals surface area contributed by atoms with Gasteiger partial charge in [-0.15, -0.1) is 0 Å². The van der Waals surface area contributed by atoms with Crippen LogP contribution in [0.2, 0.25) is 0 Å². The van der Waals surface area contributed by atoms with Crippen LogP contribution < -0.4 is 4.74 Å². The van der Waals surface area contributed by atoms with Gasteiger partial charge in [-0.2, -0.15) is 5.10 Å². The molecule has 146 valence electrons. The quantitative estimate of drug-likeness (QED) is 0.699. The lowest BCUT2D eigenvalue weighted by Crippen LogP contribution is -2.25. The van der Waals surface area contributed by atoms with Gasteiger partial charge < -0.3 is 19.3 Å². The zero-order valence-corrected chi connectivity index (χ0v) is 15.7. The van der Waals surface area contributed by atoms with Crippen molar-refractivity contribution >= 4 is 11.6 Å². The van der Waals surface area contributed by atoms with Crippen molar-refractivity contribution in [3.63, 3.8) is 0 Å². The number of hydrogen-bond acceptors (Lipinski definition) is 6. The van der Waals surface area contributed by atoms with Crippen molar-refractivity contribution in [3.8, 4) is 5.75 Å². The SMILES string of the molecule is CC1(C)OCC(COc2ccccc2Cc2ccc3ncc(C(=O)O)n3n2)O1. The number of aromatic nitrogens is 3. The fourth-order valence-electron chi connectivity index (χ4n) is 3.17. The third-order valence-electron chi connectivity index (χ3n) is 4.47. The van der Waals surface area contributed by atoms with Crippen molar-refractivity contribution in [3.05, 3.63) is 59.5 Å². The summed E-state index contributed by atoms with van der Waals surface area (Å²) in [6.07, 6.45) is 1.68. The molecule has 2 aromatic heterocycles. The zero-order chi connectivity index (χ0) is 19.7. The first kappa shape index (κ1) is 18.4. The molecule has 0 amide bonds. The van der Waals surface area contributed by atoms with Crippen molar-refractivity contribution in [2.45, 2.75) is 32.2 Å². The van der Waals surface area contributed by atoms with E-state index in [2.05, 4.69) is 10.1 Å². The van der Waals surface area contributed by atoms with Crippen LogP contribution in [0.1, 0.15) is 35.6 Å². The van der Waals surface area contributed by atoms with Crippen molar-refractivity contribution < 1.29 is 24.1 Å². The highest BCUT2D eigenvalue weighted by Crippen LogP contribution is 2.25. The van der Waals surface area contributed by atoms with E-state index in [1.54, 1.807) is 6.07 Å². The summed E-state index contributed by atoms with van der Waals surface area (Å²) < 4.78 is 18.7. The Morgan fingerprint density at radius 2 is 2.14 bits per heavy atom. The van der Waals surface area contributed by atoms with Crippen molar-refractivity contribution in [2.75, 3.05) is 13.2 Å². The van der Waals surface area contributed by atoms with E-state index in [0.717, 1.165) is 11.3 Å². The molecule has 8 heteroatoms. The molecule has 1 saturated heterocycles. The summed E-state index contributed by atoms with van der Waals surface area (Å²) in [6.45, 7) is 4.64. The molecule has 8 nitrogen and oxygen atoms in total. The molecule has 1 aliphatic heterocycles. The second-order valence-electron chi connectivity index (χ2n) is 7.09. The van der Waals surface area contributed by atoms with Gasteiger partial charge in [0, 0.05) is 12.0 Å². The second-order valence-corrected chi connectivity index (χ2v) is 7.09. The molecule has 1 unspecified atom stereocenters. The van der Waals surface area contributed by atoms with Crippen LogP contribution in [0.15, 0.2) is 42.6 Å². The maximum Gasteiger partial charge on any atom is 0.356 e.